The Balaban J connectivity index is 3.79. The van der Waals surface area contributed by atoms with E-state index in [1.165, 1.54) is 0 Å². The molecule has 4 heteroatoms. The first-order chi connectivity index (χ1) is 6.13. The van der Waals surface area contributed by atoms with Gasteiger partial charge in [-0.3, -0.25) is 0 Å². The molecule has 0 unspecified atom stereocenters. The summed E-state index contributed by atoms with van der Waals surface area (Å²) in [5.41, 5.74) is 0. The van der Waals surface area contributed by atoms with Crippen LogP contribution < -0.4 is 0 Å². The summed E-state index contributed by atoms with van der Waals surface area (Å²) in [6, 6.07) is 0. The van der Waals surface area contributed by atoms with Gasteiger partial charge in [-0.05, 0) is 13.3 Å². The van der Waals surface area contributed by atoms with E-state index in [9.17, 15) is 15.0 Å². The molecule has 0 aliphatic rings. The zero-order valence-electron chi connectivity index (χ0n) is 8.19. The van der Waals surface area contributed by atoms with E-state index < -0.39 is 18.2 Å². The van der Waals surface area contributed by atoms with Crippen LogP contribution in [0.5, 0.6) is 0 Å². The topological polar surface area (TPSA) is 66.8 Å². The van der Waals surface area contributed by atoms with Crippen molar-refractivity contribution in [3.63, 3.8) is 0 Å². The maximum Gasteiger partial charge on any atom is 0.337 e. The Hall–Kier alpha value is -0.610. The van der Waals surface area contributed by atoms with Crippen molar-refractivity contribution in [3.05, 3.63) is 0 Å². The number of esters is 1. The molecule has 0 heterocycles. The normalized spacial score (nSPS) is 15.1. The SMILES string of the molecule is CCCC[C@H](O)[C@@H](O)C(=O)OCC. The molecule has 0 aliphatic heterocycles. The van der Waals surface area contributed by atoms with E-state index in [-0.39, 0.29) is 6.61 Å². The van der Waals surface area contributed by atoms with Gasteiger partial charge in [-0.15, -0.1) is 0 Å². The monoisotopic (exact) mass is 190 g/mol. The molecule has 0 rings (SSSR count). The number of hydrogen-bond acceptors (Lipinski definition) is 4. The van der Waals surface area contributed by atoms with Gasteiger partial charge in [0, 0.05) is 0 Å². The first-order valence-corrected chi connectivity index (χ1v) is 4.66. The third-order valence-electron chi connectivity index (χ3n) is 1.75. The molecule has 0 fully saturated rings. The second kappa shape index (κ2) is 6.86. The Labute approximate surface area is 78.5 Å². The summed E-state index contributed by atoms with van der Waals surface area (Å²) in [4.78, 5) is 10.9. The Morgan fingerprint density at radius 2 is 2.00 bits per heavy atom. The standard InChI is InChI=1S/C9H18O4/c1-3-5-6-7(10)8(11)9(12)13-4-2/h7-8,10-11H,3-6H2,1-2H3/t7-,8+/m0/s1. The minimum Gasteiger partial charge on any atom is -0.464 e. The van der Waals surface area contributed by atoms with Gasteiger partial charge < -0.3 is 14.9 Å². The van der Waals surface area contributed by atoms with Crippen molar-refractivity contribution in [2.24, 2.45) is 0 Å². The van der Waals surface area contributed by atoms with Crippen LogP contribution in [0.4, 0.5) is 0 Å². The van der Waals surface area contributed by atoms with Crippen molar-refractivity contribution in [2.75, 3.05) is 6.61 Å². The molecule has 4 nitrogen and oxygen atoms in total. The van der Waals surface area contributed by atoms with Gasteiger partial charge in [0.25, 0.3) is 0 Å². The van der Waals surface area contributed by atoms with E-state index >= 15 is 0 Å². The molecule has 0 aliphatic carbocycles. The Bertz CT molecular complexity index is 147. The lowest BCUT2D eigenvalue weighted by Crippen LogP contribution is -2.35. The summed E-state index contributed by atoms with van der Waals surface area (Å²) in [7, 11) is 0. The molecule has 0 aromatic carbocycles. The predicted molar refractivity (Wildman–Crippen MR) is 48.2 cm³/mol. The molecule has 0 bridgehead atoms. The van der Waals surface area contributed by atoms with Gasteiger partial charge in [0.05, 0.1) is 12.7 Å². The Morgan fingerprint density at radius 3 is 2.46 bits per heavy atom. The van der Waals surface area contributed by atoms with E-state index in [4.69, 9.17) is 0 Å². The molecule has 2 N–H and O–H groups in total. The highest BCUT2D eigenvalue weighted by Gasteiger charge is 2.24. The fourth-order valence-corrected chi connectivity index (χ4v) is 0.956. The fourth-order valence-electron chi connectivity index (χ4n) is 0.956. The zero-order valence-corrected chi connectivity index (χ0v) is 8.19. The average molecular weight is 190 g/mol. The van der Waals surface area contributed by atoms with Crippen molar-refractivity contribution < 1.29 is 19.7 Å². The van der Waals surface area contributed by atoms with E-state index in [1.54, 1.807) is 6.92 Å². The first-order valence-electron chi connectivity index (χ1n) is 4.66. The quantitative estimate of drug-likeness (QED) is 0.597. The maximum atomic E-state index is 10.9. The van der Waals surface area contributed by atoms with E-state index in [0.29, 0.717) is 6.42 Å². The number of unbranched alkanes of at least 4 members (excludes halogenated alkanes) is 1. The summed E-state index contributed by atoms with van der Waals surface area (Å²) < 4.78 is 4.56. The minimum absolute atomic E-state index is 0.219. The van der Waals surface area contributed by atoms with E-state index in [1.807, 2.05) is 6.92 Å². The Kier molecular flexibility index (Phi) is 6.54. The minimum atomic E-state index is -1.40. The first kappa shape index (κ1) is 12.4. The number of carbonyl (C=O) groups is 1. The smallest absolute Gasteiger partial charge is 0.337 e. The molecule has 0 spiro atoms. The van der Waals surface area contributed by atoms with Crippen molar-refractivity contribution in [1.29, 1.82) is 0 Å². The van der Waals surface area contributed by atoms with Gasteiger partial charge in [-0.2, -0.15) is 0 Å². The van der Waals surface area contributed by atoms with Crippen molar-refractivity contribution in [3.8, 4) is 0 Å². The van der Waals surface area contributed by atoms with Crippen LogP contribution in [0.1, 0.15) is 33.1 Å². The lowest BCUT2D eigenvalue weighted by molar-refractivity contribution is -0.159. The Morgan fingerprint density at radius 1 is 1.38 bits per heavy atom. The molecule has 0 saturated carbocycles. The van der Waals surface area contributed by atoms with E-state index in [0.717, 1.165) is 12.8 Å². The van der Waals surface area contributed by atoms with Crippen molar-refractivity contribution in [1.82, 2.24) is 0 Å². The highest BCUT2D eigenvalue weighted by molar-refractivity contribution is 5.75. The molecule has 0 radical (unpaired) electrons. The molecule has 2 atom stereocenters. The van der Waals surface area contributed by atoms with Crippen LogP contribution in [-0.2, 0) is 9.53 Å². The van der Waals surface area contributed by atoms with Crippen LogP contribution in [-0.4, -0.2) is 35.0 Å². The molecule has 0 saturated heterocycles. The van der Waals surface area contributed by atoms with Crippen molar-refractivity contribution in [2.45, 2.75) is 45.3 Å². The molecule has 0 aromatic heterocycles. The van der Waals surface area contributed by atoms with Crippen LogP contribution >= 0.6 is 0 Å². The fraction of sp³-hybridized carbons (Fsp3) is 0.889. The highest BCUT2D eigenvalue weighted by atomic mass is 16.5. The summed E-state index contributed by atoms with van der Waals surface area (Å²) in [5, 5.41) is 18.5. The van der Waals surface area contributed by atoms with Gasteiger partial charge >= 0.3 is 5.97 Å². The number of aliphatic hydroxyl groups is 2. The number of hydrogen-bond donors (Lipinski definition) is 2. The zero-order chi connectivity index (χ0) is 10.3. The number of aliphatic hydroxyl groups excluding tert-OH is 2. The lowest BCUT2D eigenvalue weighted by Gasteiger charge is -2.15. The molecular formula is C9H18O4. The third-order valence-corrected chi connectivity index (χ3v) is 1.75. The maximum absolute atomic E-state index is 10.9. The number of ether oxygens (including phenoxy) is 1. The molecule has 0 aromatic rings. The largest absolute Gasteiger partial charge is 0.464 e. The summed E-state index contributed by atoms with van der Waals surface area (Å²) in [6.45, 7) is 3.85. The van der Waals surface area contributed by atoms with Gasteiger partial charge in [0.15, 0.2) is 6.10 Å². The number of rotatable bonds is 6. The van der Waals surface area contributed by atoms with Crippen LogP contribution in [0.2, 0.25) is 0 Å². The second-order valence-electron chi connectivity index (χ2n) is 2.91. The van der Waals surface area contributed by atoms with Gasteiger partial charge in [-0.1, -0.05) is 19.8 Å². The van der Waals surface area contributed by atoms with Crippen LogP contribution in [0.25, 0.3) is 0 Å². The predicted octanol–water partition coefficient (Wildman–Crippen LogP) is 0.462. The van der Waals surface area contributed by atoms with Crippen LogP contribution in [0, 0.1) is 0 Å². The second-order valence-corrected chi connectivity index (χ2v) is 2.91. The van der Waals surface area contributed by atoms with Crippen LogP contribution in [0.3, 0.4) is 0 Å². The van der Waals surface area contributed by atoms with Gasteiger partial charge in [0.1, 0.15) is 0 Å². The third kappa shape index (κ3) is 4.85. The van der Waals surface area contributed by atoms with Crippen molar-refractivity contribution >= 4 is 5.97 Å². The average Bonchev–Trinajstić information content (AvgIpc) is 2.13. The van der Waals surface area contributed by atoms with Gasteiger partial charge in [-0.25, -0.2) is 4.79 Å². The molecular weight excluding hydrogens is 172 g/mol. The highest BCUT2D eigenvalue weighted by Crippen LogP contribution is 2.06. The van der Waals surface area contributed by atoms with Crippen LogP contribution in [0.15, 0.2) is 0 Å². The molecule has 13 heavy (non-hydrogen) atoms. The summed E-state index contributed by atoms with van der Waals surface area (Å²) in [5.74, 6) is -0.744. The molecule has 78 valence electrons. The van der Waals surface area contributed by atoms with E-state index in [2.05, 4.69) is 4.74 Å². The summed E-state index contributed by atoms with van der Waals surface area (Å²) >= 11 is 0. The molecule has 0 amide bonds. The lowest BCUT2D eigenvalue weighted by atomic mass is 10.1. The number of carbonyl (C=O) groups excluding carboxylic acids is 1. The van der Waals surface area contributed by atoms with Gasteiger partial charge in [0.2, 0.25) is 0 Å². The summed E-state index contributed by atoms with van der Waals surface area (Å²) in [6.07, 6.45) is -0.258.